The van der Waals surface area contributed by atoms with Crippen LogP contribution in [0.25, 0.3) is 0 Å². The van der Waals surface area contributed by atoms with Crippen LogP contribution in [0.2, 0.25) is 0 Å². The van der Waals surface area contributed by atoms with Crippen molar-refractivity contribution in [2.24, 2.45) is 0 Å². The third-order valence-electron chi connectivity index (χ3n) is 3.44. The van der Waals surface area contributed by atoms with Crippen LogP contribution in [0.5, 0.6) is 0 Å². The first-order chi connectivity index (χ1) is 9.27. The van der Waals surface area contributed by atoms with Crippen molar-refractivity contribution in [3.05, 3.63) is 24.0 Å². The van der Waals surface area contributed by atoms with Gasteiger partial charge in [-0.1, -0.05) is 6.42 Å². The van der Waals surface area contributed by atoms with Crippen molar-refractivity contribution >= 4 is 11.6 Å². The van der Waals surface area contributed by atoms with Crippen molar-refractivity contribution in [3.8, 4) is 0 Å². The highest BCUT2D eigenvalue weighted by atomic mass is 16.1. The summed E-state index contributed by atoms with van der Waals surface area (Å²) in [6, 6.07) is 3.41. The number of nitrogens with two attached hydrogens (primary N) is 1. The molecule has 0 aliphatic carbocycles. The van der Waals surface area contributed by atoms with Crippen LogP contribution < -0.4 is 11.1 Å². The number of pyridine rings is 1. The smallest absolute Gasteiger partial charge is 0.272 e. The van der Waals surface area contributed by atoms with Crippen LogP contribution in [0.4, 0.5) is 5.69 Å². The van der Waals surface area contributed by atoms with Gasteiger partial charge in [-0.3, -0.25) is 4.79 Å². The Labute approximate surface area is 114 Å². The monoisotopic (exact) mass is 262 g/mol. The molecule has 1 aromatic rings. The summed E-state index contributed by atoms with van der Waals surface area (Å²) in [4.78, 5) is 18.3. The minimum absolute atomic E-state index is 0.184. The predicted molar refractivity (Wildman–Crippen MR) is 75.9 cm³/mol. The van der Waals surface area contributed by atoms with Gasteiger partial charge in [0.2, 0.25) is 0 Å². The summed E-state index contributed by atoms with van der Waals surface area (Å²) in [6.07, 6.45) is 6.51. The predicted octanol–water partition coefficient (Wildman–Crippen LogP) is 1.27. The summed E-state index contributed by atoms with van der Waals surface area (Å²) < 4.78 is 0. The standard InChI is InChI=1S/C14H22N4O/c15-12-6-4-7-16-13(12)14(19)17-8-5-11-18-9-2-1-3-10-18/h4,6-7H,1-3,5,8-11,15H2,(H,17,19). The first-order valence-corrected chi connectivity index (χ1v) is 6.98. The Morgan fingerprint density at radius 2 is 2.16 bits per heavy atom. The molecule has 19 heavy (non-hydrogen) atoms. The van der Waals surface area contributed by atoms with E-state index in [2.05, 4.69) is 15.2 Å². The lowest BCUT2D eigenvalue weighted by atomic mass is 10.1. The second-order valence-electron chi connectivity index (χ2n) is 4.95. The SMILES string of the molecule is Nc1cccnc1C(=O)NCCCN1CCCCC1. The molecule has 0 bridgehead atoms. The zero-order valence-corrected chi connectivity index (χ0v) is 11.3. The largest absolute Gasteiger partial charge is 0.397 e. The van der Waals surface area contributed by atoms with E-state index in [-0.39, 0.29) is 5.91 Å². The number of likely N-dealkylation sites (tertiary alicyclic amines) is 1. The number of piperidine rings is 1. The number of nitrogens with zero attached hydrogens (tertiary/aromatic N) is 2. The van der Waals surface area contributed by atoms with Crippen molar-refractivity contribution in [2.75, 3.05) is 31.9 Å². The Morgan fingerprint density at radius 1 is 1.37 bits per heavy atom. The molecule has 2 rings (SSSR count). The second kappa shape index (κ2) is 7.09. The van der Waals surface area contributed by atoms with Gasteiger partial charge in [0.15, 0.2) is 5.69 Å². The molecule has 104 valence electrons. The lowest BCUT2D eigenvalue weighted by molar-refractivity contribution is 0.0947. The van der Waals surface area contributed by atoms with Gasteiger partial charge in [0.1, 0.15) is 0 Å². The molecule has 1 aliphatic heterocycles. The molecule has 1 aromatic heterocycles. The first kappa shape index (κ1) is 13.8. The van der Waals surface area contributed by atoms with E-state index in [0.29, 0.717) is 17.9 Å². The molecule has 0 aromatic carbocycles. The molecule has 3 N–H and O–H groups in total. The van der Waals surface area contributed by atoms with Crippen molar-refractivity contribution in [1.82, 2.24) is 15.2 Å². The maximum Gasteiger partial charge on any atom is 0.272 e. The Hall–Kier alpha value is -1.62. The van der Waals surface area contributed by atoms with Crippen LogP contribution in [0.1, 0.15) is 36.2 Å². The number of carbonyl (C=O) groups excluding carboxylic acids is 1. The minimum atomic E-state index is -0.184. The highest BCUT2D eigenvalue weighted by Crippen LogP contribution is 2.09. The zero-order chi connectivity index (χ0) is 13.5. The summed E-state index contributed by atoms with van der Waals surface area (Å²) in [6.45, 7) is 4.12. The number of aromatic nitrogens is 1. The minimum Gasteiger partial charge on any atom is -0.397 e. The number of anilines is 1. The molecule has 1 amide bonds. The molecule has 1 saturated heterocycles. The zero-order valence-electron chi connectivity index (χ0n) is 11.3. The second-order valence-corrected chi connectivity index (χ2v) is 4.95. The lowest BCUT2D eigenvalue weighted by Gasteiger charge is -2.26. The van der Waals surface area contributed by atoms with E-state index in [1.165, 1.54) is 32.4 Å². The highest BCUT2D eigenvalue weighted by molar-refractivity contribution is 5.96. The van der Waals surface area contributed by atoms with Gasteiger partial charge in [-0.05, 0) is 51.0 Å². The van der Waals surface area contributed by atoms with E-state index in [9.17, 15) is 4.79 Å². The van der Waals surface area contributed by atoms with Crippen molar-refractivity contribution in [3.63, 3.8) is 0 Å². The lowest BCUT2D eigenvalue weighted by Crippen LogP contribution is -2.33. The Bertz CT molecular complexity index is 416. The summed E-state index contributed by atoms with van der Waals surface area (Å²) >= 11 is 0. The third-order valence-corrected chi connectivity index (χ3v) is 3.44. The van der Waals surface area contributed by atoms with Crippen LogP contribution in [0, 0.1) is 0 Å². The molecule has 1 aliphatic rings. The number of rotatable bonds is 5. The summed E-state index contributed by atoms with van der Waals surface area (Å²) in [5.41, 5.74) is 6.46. The molecule has 0 atom stereocenters. The number of nitrogens with one attached hydrogen (secondary N) is 1. The molecule has 5 nitrogen and oxygen atoms in total. The van der Waals surface area contributed by atoms with Crippen molar-refractivity contribution in [2.45, 2.75) is 25.7 Å². The fourth-order valence-corrected chi connectivity index (χ4v) is 2.38. The normalized spacial score (nSPS) is 16.2. The van der Waals surface area contributed by atoms with Gasteiger partial charge in [-0.25, -0.2) is 4.98 Å². The van der Waals surface area contributed by atoms with Crippen molar-refractivity contribution in [1.29, 1.82) is 0 Å². The summed E-state index contributed by atoms with van der Waals surface area (Å²) in [5.74, 6) is -0.184. The fourth-order valence-electron chi connectivity index (χ4n) is 2.38. The quantitative estimate of drug-likeness (QED) is 0.784. The maximum atomic E-state index is 11.8. The number of hydrogen-bond donors (Lipinski definition) is 2. The Kier molecular flexibility index (Phi) is 5.15. The highest BCUT2D eigenvalue weighted by Gasteiger charge is 2.11. The molecule has 0 spiro atoms. The third kappa shape index (κ3) is 4.21. The van der Waals surface area contributed by atoms with Gasteiger partial charge in [0.25, 0.3) is 5.91 Å². The van der Waals surface area contributed by atoms with Crippen LogP contribution in [-0.4, -0.2) is 42.0 Å². The molecule has 1 fully saturated rings. The van der Waals surface area contributed by atoms with Crippen LogP contribution in [0.15, 0.2) is 18.3 Å². The number of hydrogen-bond acceptors (Lipinski definition) is 4. The fraction of sp³-hybridized carbons (Fsp3) is 0.571. The Morgan fingerprint density at radius 3 is 2.89 bits per heavy atom. The van der Waals surface area contributed by atoms with E-state index in [1.807, 2.05) is 0 Å². The topological polar surface area (TPSA) is 71.2 Å². The van der Waals surface area contributed by atoms with Gasteiger partial charge < -0.3 is 16.0 Å². The molecule has 0 unspecified atom stereocenters. The van der Waals surface area contributed by atoms with Gasteiger partial charge in [0.05, 0.1) is 5.69 Å². The molecule has 0 saturated carbocycles. The number of carbonyl (C=O) groups is 1. The molecule has 2 heterocycles. The van der Waals surface area contributed by atoms with E-state index in [1.54, 1.807) is 18.3 Å². The first-order valence-electron chi connectivity index (χ1n) is 6.98. The number of amides is 1. The maximum absolute atomic E-state index is 11.8. The van der Waals surface area contributed by atoms with E-state index in [0.717, 1.165) is 13.0 Å². The van der Waals surface area contributed by atoms with Gasteiger partial charge >= 0.3 is 0 Å². The molecule has 0 radical (unpaired) electrons. The summed E-state index contributed by atoms with van der Waals surface area (Å²) in [5, 5.41) is 2.87. The molecular formula is C14H22N4O. The average Bonchev–Trinajstić information content (AvgIpc) is 2.45. The molecular weight excluding hydrogens is 240 g/mol. The van der Waals surface area contributed by atoms with Crippen LogP contribution >= 0.6 is 0 Å². The van der Waals surface area contributed by atoms with Crippen LogP contribution in [-0.2, 0) is 0 Å². The van der Waals surface area contributed by atoms with Crippen LogP contribution in [0.3, 0.4) is 0 Å². The van der Waals surface area contributed by atoms with Crippen molar-refractivity contribution < 1.29 is 4.79 Å². The number of nitrogen functional groups attached to an aromatic ring is 1. The van der Waals surface area contributed by atoms with E-state index < -0.39 is 0 Å². The van der Waals surface area contributed by atoms with E-state index >= 15 is 0 Å². The van der Waals surface area contributed by atoms with E-state index in [4.69, 9.17) is 5.73 Å². The average molecular weight is 262 g/mol. The van der Waals surface area contributed by atoms with Gasteiger partial charge in [-0.2, -0.15) is 0 Å². The summed E-state index contributed by atoms with van der Waals surface area (Å²) in [7, 11) is 0. The van der Waals surface area contributed by atoms with Gasteiger partial charge in [0, 0.05) is 12.7 Å². The van der Waals surface area contributed by atoms with Gasteiger partial charge in [-0.15, -0.1) is 0 Å². The Balaban J connectivity index is 1.68. The molecule has 5 heteroatoms.